The second-order valence-electron chi connectivity index (χ2n) is 6.29. The maximum absolute atomic E-state index is 12.5. The topological polar surface area (TPSA) is 70.2 Å². The van der Waals surface area contributed by atoms with Gasteiger partial charge in [-0.05, 0) is 38.8 Å². The molecule has 2 aliphatic rings. The van der Waals surface area contributed by atoms with Crippen molar-refractivity contribution in [2.45, 2.75) is 32.2 Å². The molecule has 6 nitrogen and oxygen atoms in total. The summed E-state index contributed by atoms with van der Waals surface area (Å²) in [6.45, 7) is 5.49. The number of nitrogens with zero attached hydrogens (tertiary/aromatic N) is 3. The molecule has 0 aromatic carbocycles. The summed E-state index contributed by atoms with van der Waals surface area (Å²) in [6, 6.07) is 2.01. The van der Waals surface area contributed by atoms with Crippen LogP contribution < -0.4 is 15.5 Å². The van der Waals surface area contributed by atoms with Crippen LogP contribution in [0.4, 0.5) is 5.95 Å². The van der Waals surface area contributed by atoms with Gasteiger partial charge in [0.15, 0.2) is 0 Å². The lowest BCUT2D eigenvalue weighted by Gasteiger charge is -2.34. The number of amides is 1. The van der Waals surface area contributed by atoms with Gasteiger partial charge in [-0.25, -0.2) is 9.97 Å². The van der Waals surface area contributed by atoms with Crippen LogP contribution in [0.25, 0.3) is 0 Å². The molecular weight excluding hydrogens is 266 g/mol. The summed E-state index contributed by atoms with van der Waals surface area (Å²) in [5.41, 5.74) is -0.258. The molecule has 1 aromatic rings. The molecule has 0 aliphatic carbocycles. The van der Waals surface area contributed by atoms with Crippen LogP contribution in [0.1, 0.15) is 26.2 Å². The summed E-state index contributed by atoms with van der Waals surface area (Å²) in [5, 5.41) is 6.50. The zero-order chi connectivity index (χ0) is 14.7. The van der Waals surface area contributed by atoms with Gasteiger partial charge in [-0.2, -0.15) is 0 Å². The van der Waals surface area contributed by atoms with Crippen LogP contribution in [-0.4, -0.2) is 48.1 Å². The number of hydrogen-bond donors (Lipinski definition) is 2. The van der Waals surface area contributed by atoms with Crippen molar-refractivity contribution in [3.05, 3.63) is 18.5 Å². The largest absolute Gasteiger partial charge is 0.351 e. The Labute approximate surface area is 125 Å². The molecule has 6 heteroatoms. The van der Waals surface area contributed by atoms with Gasteiger partial charge < -0.3 is 15.5 Å². The van der Waals surface area contributed by atoms with Gasteiger partial charge in [-0.3, -0.25) is 4.79 Å². The molecule has 2 saturated heterocycles. The lowest BCUT2D eigenvalue weighted by atomic mass is 9.88. The zero-order valence-electron chi connectivity index (χ0n) is 12.5. The van der Waals surface area contributed by atoms with Crippen molar-refractivity contribution < 1.29 is 4.79 Å². The van der Waals surface area contributed by atoms with Gasteiger partial charge in [-0.15, -0.1) is 0 Å². The number of carbonyl (C=O) groups is 1. The van der Waals surface area contributed by atoms with Crippen LogP contribution in [0.3, 0.4) is 0 Å². The second kappa shape index (κ2) is 5.97. The Bertz CT molecular complexity index is 486. The number of anilines is 1. The Kier molecular flexibility index (Phi) is 4.05. The van der Waals surface area contributed by atoms with E-state index in [1.807, 2.05) is 13.0 Å². The molecule has 2 fully saturated rings. The average Bonchev–Trinajstić information content (AvgIpc) is 2.97. The predicted molar refractivity (Wildman–Crippen MR) is 81.0 cm³/mol. The van der Waals surface area contributed by atoms with E-state index in [1.54, 1.807) is 12.4 Å². The van der Waals surface area contributed by atoms with E-state index in [4.69, 9.17) is 0 Å². The molecule has 1 amide bonds. The van der Waals surface area contributed by atoms with Crippen molar-refractivity contribution in [1.82, 2.24) is 20.6 Å². The molecule has 2 unspecified atom stereocenters. The molecule has 3 rings (SSSR count). The van der Waals surface area contributed by atoms with Crippen LogP contribution >= 0.6 is 0 Å². The molecule has 2 aliphatic heterocycles. The first kappa shape index (κ1) is 14.3. The smallest absolute Gasteiger partial charge is 0.227 e. The van der Waals surface area contributed by atoms with Crippen molar-refractivity contribution in [3.8, 4) is 0 Å². The summed E-state index contributed by atoms with van der Waals surface area (Å²) >= 11 is 0. The zero-order valence-corrected chi connectivity index (χ0v) is 12.5. The van der Waals surface area contributed by atoms with Gasteiger partial charge in [0.1, 0.15) is 0 Å². The van der Waals surface area contributed by atoms with E-state index in [2.05, 4.69) is 25.5 Å². The standard InChI is InChI=1S/C15H23N5O/c1-15(5-8-16-11-15)13(21)19-12-4-2-9-20(10-12)14-17-6-3-7-18-14/h3,6-7,12,16H,2,4-5,8-11H2,1H3,(H,19,21). The fourth-order valence-corrected chi connectivity index (χ4v) is 3.10. The van der Waals surface area contributed by atoms with E-state index in [0.717, 1.165) is 51.4 Å². The van der Waals surface area contributed by atoms with Crippen LogP contribution in [-0.2, 0) is 4.79 Å². The van der Waals surface area contributed by atoms with Crippen molar-refractivity contribution in [1.29, 1.82) is 0 Å². The van der Waals surface area contributed by atoms with Crippen molar-refractivity contribution in [2.75, 3.05) is 31.1 Å². The summed E-state index contributed by atoms with van der Waals surface area (Å²) in [7, 11) is 0. The highest BCUT2D eigenvalue weighted by Gasteiger charge is 2.37. The maximum atomic E-state index is 12.5. The van der Waals surface area contributed by atoms with Crippen molar-refractivity contribution in [2.24, 2.45) is 5.41 Å². The first-order chi connectivity index (χ1) is 10.2. The van der Waals surface area contributed by atoms with Gasteiger partial charge in [-0.1, -0.05) is 0 Å². The molecule has 3 heterocycles. The monoisotopic (exact) mass is 289 g/mol. The number of nitrogens with one attached hydrogen (secondary N) is 2. The fraction of sp³-hybridized carbons (Fsp3) is 0.667. The number of carbonyl (C=O) groups excluding carboxylic acids is 1. The van der Waals surface area contributed by atoms with E-state index >= 15 is 0 Å². The molecule has 2 N–H and O–H groups in total. The molecule has 21 heavy (non-hydrogen) atoms. The number of hydrogen-bond acceptors (Lipinski definition) is 5. The number of aromatic nitrogens is 2. The van der Waals surface area contributed by atoms with Crippen LogP contribution in [0, 0.1) is 5.41 Å². The Balaban J connectivity index is 1.60. The second-order valence-corrected chi connectivity index (χ2v) is 6.29. The van der Waals surface area contributed by atoms with E-state index in [-0.39, 0.29) is 17.4 Å². The lowest BCUT2D eigenvalue weighted by Crippen LogP contribution is -2.52. The van der Waals surface area contributed by atoms with E-state index in [1.165, 1.54) is 0 Å². The highest BCUT2D eigenvalue weighted by atomic mass is 16.2. The lowest BCUT2D eigenvalue weighted by molar-refractivity contribution is -0.130. The summed E-state index contributed by atoms with van der Waals surface area (Å²) < 4.78 is 0. The Morgan fingerprint density at radius 3 is 3.00 bits per heavy atom. The van der Waals surface area contributed by atoms with Gasteiger partial charge in [0.25, 0.3) is 0 Å². The molecule has 0 spiro atoms. The highest BCUT2D eigenvalue weighted by molar-refractivity contribution is 5.83. The van der Waals surface area contributed by atoms with Crippen LogP contribution in [0.5, 0.6) is 0 Å². The predicted octanol–water partition coefficient (Wildman–Crippen LogP) is 0.561. The minimum Gasteiger partial charge on any atom is -0.351 e. The highest BCUT2D eigenvalue weighted by Crippen LogP contribution is 2.25. The van der Waals surface area contributed by atoms with Gasteiger partial charge in [0, 0.05) is 38.1 Å². The molecule has 114 valence electrons. The first-order valence-corrected chi connectivity index (χ1v) is 7.71. The van der Waals surface area contributed by atoms with Gasteiger partial charge in [0.05, 0.1) is 5.41 Å². The number of piperidine rings is 1. The average molecular weight is 289 g/mol. The van der Waals surface area contributed by atoms with Gasteiger partial charge >= 0.3 is 0 Å². The van der Waals surface area contributed by atoms with Gasteiger partial charge in [0.2, 0.25) is 11.9 Å². The quantitative estimate of drug-likeness (QED) is 0.851. The molecular formula is C15H23N5O. The SMILES string of the molecule is CC1(C(=O)NC2CCCN(c3ncccn3)C2)CCNC1. The third-order valence-electron chi connectivity index (χ3n) is 4.51. The Hall–Kier alpha value is -1.69. The summed E-state index contributed by atoms with van der Waals surface area (Å²) in [5.74, 6) is 0.929. The molecule has 1 aromatic heterocycles. The first-order valence-electron chi connectivity index (χ1n) is 7.71. The summed E-state index contributed by atoms with van der Waals surface area (Å²) in [4.78, 5) is 23.2. The molecule has 0 radical (unpaired) electrons. The van der Waals surface area contributed by atoms with Crippen molar-refractivity contribution >= 4 is 11.9 Å². The number of rotatable bonds is 3. The fourth-order valence-electron chi connectivity index (χ4n) is 3.10. The van der Waals surface area contributed by atoms with Crippen molar-refractivity contribution in [3.63, 3.8) is 0 Å². The maximum Gasteiger partial charge on any atom is 0.227 e. The van der Waals surface area contributed by atoms with Crippen LogP contribution in [0.15, 0.2) is 18.5 Å². The van der Waals surface area contributed by atoms with E-state index in [9.17, 15) is 4.79 Å². The molecule has 0 bridgehead atoms. The minimum absolute atomic E-state index is 0.174. The molecule has 2 atom stereocenters. The third-order valence-corrected chi connectivity index (χ3v) is 4.51. The van der Waals surface area contributed by atoms with Crippen LogP contribution in [0.2, 0.25) is 0 Å². The Morgan fingerprint density at radius 1 is 1.48 bits per heavy atom. The normalized spacial score (nSPS) is 29.4. The molecule has 0 saturated carbocycles. The van der Waals surface area contributed by atoms with E-state index < -0.39 is 0 Å². The Morgan fingerprint density at radius 2 is 2.29 bits per heavy atom. The minimum atomic E-state index is -0.258. The van der Waals surface area contributed by atoms with E-state index in [0.29, 0.717) is 0 Å². The third kappa shape index (κ3) is 3.15. The summed E-state index contributed by atoms with van der Waals surface area (Å²) in [6.07, 6.45) is 6.51.